The Hall–Kier alpha value is -1.95. The first-order valence-corrected chi connectivity index (χ1v) is 10.2. The molecule has 0 aromatic carbocycles. The van der Waals surface area contributed by atoms with Crippen LogP contribution in [0.5, 0.6) is 0 Å². The Morgan fingerprint density at radius 3 is 2.63 bits per heavy atom. The summed E-state index contributed by atoms with van der Waals surface area (Å²) in [6.07, 6.45) is 5.80. The van der Waals surface area contributed by atoms with Crippen molar-refractivity contribution in [1.82, 2.24) is 20.1 Å². The maximum absolute atomic E-state index is 12.6. The van der Waals surface area contributed by atoms with Gasteiger partial charge in [0, 0.05) is 37.8 Å². The van der Waals surface area contributed by atoms with E-state index in [0.717, 1.165) is 57.6 Å². The Kier molecular flexibility index (Phi) is 6.83. The molecule has 0 saturated carbocycles. The molecule has 0 aliphatic carbocycles. The van der Waals surface area contributed by atoms with Crippen LogP contribution >= 0.6 is 0 Å². The van der Waals surface area contributed by atoms with Crippen LogP contribution in [-0.2, 0) is 16.1 Å². The number of likely N-dealkylation sites (tertiary alicyclic amines) is 2. The van der Waals surface area contributed by atoms with Gasteiger partial charge in [0.1, 0.15) is 0 Å². The molecular formula is C21H32N4O2. The van der Waals surface area contributed by atoms with Gasteiger partial charge < -0.3 is 10.2 Å². The lowest BCUT2D eigenvalue weighted by Gasteiger charge is -2.42. The first-order valence-electron chi connectivity index (χ1n) is 10.2. The molecule has 0 bridgehead atoms. The van der Waals surface area contributed by atoms with Gasteiger partial charge in [-0.05, 0) is 44.4 Å². The third-order valence-electron chi connectivity index (χ3n) is 5.78. The molecule has 1 N–H and O–H groups in total. The van der Waals surface area contributed by atoms with Crippen LogP contribution in [0, 0.1) is 11.8 Å². The van der Waals surface area contributed by atoms with Crippen LogP contribution < -0.4 is 5.32 Å². The van der Waals surface area contributed by atoms with Crippen molar-refractivity contribution in [3.05, 3.63) is 30.1 Å². The van der Waals surface area contributed by atoms with Crippen molar-refractivity contribution in [2.24, 2.45) is 11.8 Å². The third-order valence-corrected chi connectivity index (χ3v) is 5.78. The standard InChI is InChI=1S/C21H32N4O2/c1-16(2)21(27)24-12-8-19(9-13-24)25-11-5-6-17(15-25)20(26)23-14-18-7-3-4-10-22-18/h3-4,7,10,16-17,19H,5-6,8-9,11-15H2,1-2H3,(H,23,26). The van der Waals surface area contributed by atoms with E-state index in [1.54, 1.807) is 6.20 Å². The lowest BCUT2D eigenvalue weighted by molar-refractivity contribution is -0.136. The molecule has 27 heavy (non-hydrogen) atoms. The maximum Gasteiger partial charge on any atom is 0.225 e. The van der Waals surface area contributed by atoms with Crippen molar-refractivity contribution >= 4 is 11.8 Å². The molecule has 2 amide bonds. The first kappa shape index (κ1) is 19.8. The van der Waals surface area contributed by atoms with Crippen LogP contribution in [0.25, 0.3) is 0 Å². The molecule has 2 fully saturated rings. The van der Waals surface area contributed by atoms with Gasteiger partial charge in [0.05, 0.1) is 18.2 Å². The molecule has 6 heteroatoms. The summed E-state index contributed by atoms with van der Waals surface area (Å²) in [6.45, 7) is 8.00. The normalized spacial score (nSPS) is 22.0. The second-order valence-electron chi connectivity index (χ2n) is 8.08. The largest absolute Gasteiger partial charge is 0.350 e. The van der Waals surface area contributed by atoms with Gasteiger partial charge in [0.25, 0.3) is 0 Å². The molecule has 6 nitrogen and oxygen atoms in total. The van der Waals surface area contributed by atoms with Crippen molar-refractivity contribution in [3.8, 4) is 0 Å². The topological polar surface area (TPSA) is 65.5 Å². The van der Waals surface area contributed by atoms with Gasteiger partial charge in [0.15, 0.2) is 0 Å². The Bertz CT molecular complexity index is 626. The second-order valence-corrected chi connectivity index (χ2v) is 8.08. The molecule has 148 valence electrons. The highest BCUT2D eigenvalue weighted by molar-refractivity contribution is 5.79. The summed E-state index contributed by atoms with van der Waals surface area (Å²) >= 11 is 0. The van der Waals surface area contributed by atoms with E-state index in [1.165, 1.54) is 0 Å². The Balaban J connectivity index is 1.46. The molecule has 1 atom stereocenters. The fourth-order valence-corrected chi connectivity index (χ4v) is 4.19. The van der Waals surface area contributed by atoms with Gasteiger partial charge in [-0.1, -0.05) is 19.9 Å². The number of nitrogens with zero attached hydrogens (tertiary/aromatic N) is 3. The molecule has 0 spiro atoms. The monoisotopic (exact) mass is 372 g/mol. The zero-order valence-corrected chi connectivity index (χ0v) is 16.6. The van der Waals surface area contributed by atoms with Gasteiger partial charge in [-0.3, -0.25) is 19.5 Å². The quantitative estimate of drug-likeness (QED) is 0.859. The first-order chi connectivity index (χ1) is 13.0. The van der Waals surface area contributed by atoms with Gasteiger partial charge in [-0.2, -0.15) is 0 Å². The number of pyridine rings is 1. The molecule has 2 aliphatic heterocycles. The summed E-state index contributed by atoms with van der Waals surface area (Å²) < 4.78 is 0. The van der Waals surface area contributed by atoms with Gasteiger partial charge in [-0.15, -0.1) is 0 Å². The molecule has 1 aromatic heterocycles. The fourth-order valence-electron chi connectivity index (χ4n) is 4.19. The molecule has 2 aliphatic rings. The SMILES string of the molecule is CC(C)C(=O)N1CCC(N2CCCC(C(=O)NCc3ccccn3)C2)CC1. The third kappa shape index (κ3) is 5.28. The number of carbonyl (C=O) groups excluding carboxylic acids is 2. The van der Waals surface area contributed by atoms with Crippen LogP contribution in [-0.4, -0.2) is 58.8 Å². The number of nitrogens with one attached hydrogen (secondary N) is 1. The van der Waals surface area contributed by atoms with Crippen molar-refractivity contribution in [2.45, 2.75) is 52.1 Å². The molecule has 3 heterocycles. The van der Waals surface area contributed by atoms with Gasteiger partial charge >= 0.3 is 0 Å². The lowest BCUT2D eigenvalue weighted by Crippen LogP contribution is -2.52. The van der Waals surface area contributed by atoms with Crippen LogP contribution in [0.4, 0.5) is 0 Å². The van der Waals surface area contributed by atoms with Crippen molar-refractivity contribution in [2.75, 3.05) is 26.2 Å². The minimum absolute atomic E-state index is 0.0535. The van der Waals surface area contributed by atoms with E-state index in [9.17, 15) is 9.59 Å². The smallest absolute Gasteiger partial charge is 0.225 e. The maximum atomic E-state index is 12.6. The van der Waals surface area contributed by atoms with Crippen molar-refractivity contribution in [1.29, 1.82) is 0 Å². The summed E-state index contributed by atoms with van der Waals surface area (Å²) in [5.74, 6) is 0.526. The number of hydrogen-bond donors (Lipinski definition) is 1. The molecule has 1 aromatic rings. The van der Waals surface area contributed by atoms with Crippen LogP contribution in [0.1, 0.15) is 45.2 Å². The summed E-state index contributed by atoms with van der Waals surface area (Å²) in [4.78, 5) is 33.5. The molecular weight excluding hydrogens is 340 g/mol. The average Bonchev–Trinajstić information content (AvgIpc) is 2.72. The highest BCUT2D eigenvalue weighted by Gasteiger charge is 2.32. The number of piperidine rings is 2. The molecule has 0 radical (unpaired) electrons. The predicted molar refractivity (Wildman–Crippen MR) is 105 cm³/mol. The van der Waals surface area contributed by atoms with E-state index >= 15 is 0 Å². The van der Waals surface area contributed by atoms with Crippen LogP contribution in [0.15, 0.2) is 24.4 Å². The Labute approximate surface area is 162 Å². The van der Waals surface area contributed by atoms with Crippen molar-refractivity contribution < 1.29 is 9.59 Å². The zero-order valence-electron chi connectivity index (χ0n) is 16.6. The average molecular weight is 373 g/mol. The number of hydrogen-bond acceptors (Lipinski definition) is 4. The molecule has 1 unspecified atom stereocenters. The van der Waals surface area contributed by atoms with Crippen molar-refractivity contribution in [3.63, 3.8) is 0 Å². The van der Waals surface area contributed by atoms with Crippen LogP contribution in [0.2, 0.25) is 0 Å². The summed E-state index contributed by atoms with van der Waals surface area (Å²) in [5.41, 5.74) is 0.890. The molecule has 2 saturated heterocycles. The number of carbonyl (C=O) groups is 2. The lowest BCUT2D eigenvalue weighted by atomic mass is 9.93. The number of amides is 2. The Morgan fingerprint density at radius 2 is 1.96 bits per heavy atom. The second kappa shape index (κ2) is 9.31. The van der Waals surface area contributed by atoms with Gasteiger partial charge in [0.2, 0.25) is 11.8 Å². The summed E-state index contributed by atoms with van der Waals surface area (Å²) in [7, 11) is 0. The Morgan fingerprint density at radius 1 is 1.19 bits per heavy atom. The highest BCUT2D eigenvalue weighted by Crippen LogP contribution is 2.24. The van der Waals surface area contributed by atoms with E-state index in [2.05, 4.69) is 15.2 Å². The predicted octanol–water partition coefficient (Wildman–Crippen LogP) is 2.06. The molecule has 3 rings (SSSR count). The van der Waals surface area contributed by atoms with E-state index in [0.29, 0.717) is 12.6 Å². The summed E-state index contributed by atoms with van der Waals surface area (Å²) in [5, 5.41) is 3.05. The van der Waals surface area contributed by atoms with E-state index in [1.807, 2.05) is 36.9 Å². The van der Waals surface area contributed by atoms with Crippen LogP contribution in [0.3, 0.4) is 0 Å². The number of rotatable bonds is 5. The minimum Gasteiger partial charge on any atom is -0.350 e. The summed E-state index contributed by atoms with van der Waals surface area (Å²) in [6, 6.07) is 6.24. The highest BCUT2D eigenvalue weighted by atomic mass is 16.2. The fraction of sp³-hybridized carbons (Fsp3) is 0.667. The van der Waals surface area contributed by atoms with Gasteiger partial charge in [-0.25, -0.2) is 0 Å². The van der Waals surface area contributed by atoms with E-state index < -0.39 is 0 Å². The number of aromatic nitrogens is 1. The minimum atomic E-state index is 0.0535. The van der Waals surface area contributed by atoms with E-state index in [-0.39, 0.29) is 23.7 Å². The zero-order chi connectivity index (χ0) is 19.2. The van der Waals surface area contributed by atoms with E-state index in [4.69, 9.17) is 0 Å².